The zero-order valence-electron chi connectivity index (χ0n) is 14.7. The van der Waals surface area contributed by atoms with Gasteiger partial charge in [-0.3, -0.25) is 4.79 Å². The number of halogens is 3. The molecule has 1 aromatic carbocycles. The quantitative estimate of drug-likeness (QED) is 0.476. The fourth-order valence-electron chi connectivity index (χ4n) is 1.88. The van der Waals surface area contributed by atoms with Gasteiger partial charge in [0, 0.05) is 42.4 Å². The standard InChI is InChI=1S/C12H18Cl2N2.C5H7ClN2O/c1-3-12(15)8-16(2)7-9-4-10(13)6-11(14)5-9;1-8-5(9)4(6)2-3-7/h4-6,12H,3,7-8,15H2,1-2H3;2-3,7H,1H3,(H,8,9)/b;4-2+,7-3?. The summed E-state index contributed by atoms with van der Waals surface area (Å²) in [6.45, 7) is 3.78. The molecule has 1 atom stereocenters. The monoisotopic (exact) mass is 406 g/mol. The molecule has 8 heteroatoms. The Kier molecular flexibility index (Phi) is 12.6. The molecule has 1 rings (SSSR count). The second-order valence-corrected chi connectivity index (χ2v) is 6.68. The maximum Gasteiger partial charge on any atom is 0.262 e. The normalized spacial score (nSPS) is 12.2. The Hall–Kier alpha value is -1.11. The molecule has 0 aliphatic rings. The summed E-state index contributed by atoms with van der Waals surface area (Å²) in [5, 5.41) is 10.2. The molecule has 4 N–H and O–H groups in total. The number of allylic oxidation sites excluding steroid dienone is 1. The number of carbonyl (C=O) groups excluding carboxylic acids is 1. The Balaban J connectivity index is 0.000000547. The number of carbonyl (C=O) groups is 1. The molecule has 0 spiro atoms. The highest BCUT2D eigenvalue weighted by atomic mass is 35.5. The topological polar surface area (TPSA) is 82.2 Å². The van der Waals surface area contributed by atoms with E-state index >= 15 is 0 Å². The smallest absolute Gasteiger partial charge is 0.262 e. The summed E-state index contributed by atoms with van der Waals surface area (Å²) >= 11 is 17.2. The van der Waals surface area contributed by atoms with Gasteiger partial charge in [0.1, 0.15) is 5.03 Å². The van der Waals surface area contributed by atoms with Crippen LogP contribution in [-0.2, 0) is 11.3 Å². The van der Waals surface area contributed by atoms with E-state index in [1.54, 1.807) is 6.07 Å². The van der Waals surface area contributed by atoms with Gasteiger partial charge in [0.2, 0.25) is 0 Å². The lowest BCUT2D eigenvalue weighted by molar-refractivity contribution is -0.116. The fourth-order valence-corrected chi connectivity index (χ4v) is 2.60. The van der Waals surface area contributed by atoms with Crippen molar-refractivity contribution in [1.82, 2.24) is 10.2 Å². The molecule has 0 bridgehead atoms. The summed E-state index contributed by atoms with van der Waals surface area (Å²) in [6, 6.07) is 5.83. The van der Waals surface area contributed by atoms with Gasteiger partial charge in [-0.15, -0.1) is 0 Å². The van der Waals surface area contributed by atoms with Crippen LogP contribution >= 0.6 is 34.8 Å². The van der Waals surface area contributed by atoms with Crippen molar-refractivity contribution in [2.45, 2.75) is 25.9 Å². The van der Waals surface area contributed by atoms with E-state index in [2.05, 4.69) is 17.1 Å². The highest BCUT2D eigenvalue weighted by molar-refractivity contribution is 6.42. The molecule has 140 valence electrons. The van der Waals surface area contributed by atoms with Gasteiger partial charge in [-0.1, -0.05) is 41.7 Å². The molecule has 0 heterocycles. The summed E-state index contributed by atoms with van der Waals surface area (Å²) in [5.74, 6) is -0.375. The van der Waals surface area contributed by atoms with Crippen LogP contribution < -0.4 is 11.1 Å². The maximum atomic E-state index is 10.5. The number of hydrogen-bond acceptors (Lipinski definition) is 4. The van der Waals surface area contributed by atoms with E-state index in [0.717, 1.165) is 31.3 Å². The molecule has 1 aromatic rings. The second kappa shape index (κ2) is 13.1. The molecule has 1 amide bonds. The Bertz CT molecular complexity index is 573. The van der Waals surface area contributed by atoms with Crippen LogP contribution in [0.5, 0.6) is 0 Å². The van der Waals surface area contributed by atoms with E-state index in [4.69, 9.17) is 45.9 Å². The highest BCUT2D eigenvalue weighted by Crippen LogP contribution is 2.19. The summed E-state index contributed by atoms with van der Waals surface area (Å²) in [5.41, 5.74) is 7.01. The van der Waals surface area contributed by atoms with Gasteiger partial charge in [0.25, 0.3) is 5.91 Å². The predicted octanol–water partition coefficient (Wildman–Crippen LogP) is 3.67. The Morgan fingerprint density at radius 1 is 1.36 bits per heavy atom. The second-order valence-electron chi connectivity index (χ2n) is 5.40. The third-order valence-electron chi connectivity index (χ3n) is 3.12. The lowest BCUT2D eigenvalue weighted by Gasteiger charge is -2.20. The zero-order chi connectivity index (χ0) is 19.4. The summed E-state index contributed by atoms with van der Waals surface area (Å²) in [4.78, 5) is 12.7. The fraction of sp³-hybridized carbons (Fsp3) is 0.412. The van der Waals surface area contributed by atoms with Crippen molar-refractivity contribution < 1.29 is 4.79 Å². The highest BCUT2D eigenvalue weighted by Gasteiger charge is 2.06. The number of hydrogen-bond donors (Lipinski definition) is 3. The molecular weight excluding hydrogens is 383 g/mol. The van der Waals surface area contributed by atoms with Crippen LogP contribution in [0.2, 0.25) is 10.0 Å². The first kappa shape index (κ1) is 23.9. The van der Waals surface area contributed by atoms with Crippen molar-refractivity contribution in [3.05, 3.63) is 44.9 Å². The SMILES string of the molecule is CCC(N)CN(C)Cc1cc(Cl)cc(Cl)c1.CNC(=O)/C(Cl)=C\C=N. The third-order valence-corrected chi connectivity index (χ3v) is 3.85. The third kappa shape index (κ3) is 11.2. The van der Waals surface area contributed by atoms with E-state index in [1.807, 2.05) is 19.2 Å². The van der Waals surface area contributed by atoms with Crippen molar-refractivity contribution in [2.24, 2.45) is 5.73 Å². The van der Waals surface area contributed by atoms with Crippen LogP contribution in [-0.4, -0.2) is 43.7 Å². The van der Waals surface area contributed by atoms with Crippen molar-refractivity contribution in [3.63, 3.8) is 0 Å². The van der Waals surface area contributed by atoms with Gasteiger partial charge < -0.3 is 21.4 Å². The van der Waals surface area contributed by atoms with E-state index in [9.17, 15) is 4.79 Å². The average Bonchev–Trinajstić information content (AvgIpc) is 2.53. The minimum absolute atomic E-state index is 0.0208. The van der Waals surface area contributed by atoms with Gasteiger partial charge >= 0.3 is 0 Å². The number of nitrogens with two attached hydrogens (primary N) is 1. The van der Waals surface area contributed by atoms with E-state index in [-0.39, 0.29) is 17.0 Å². The predicted molar refractivity (Wildman–Crippen MR) is 108 cm³/mol. The van der Waals surface area contributed by atoms with Crippen LogP contribution in [0.4, 0.5) is 0 Å². The lowest BCUT2D eigenvalue weighted by atomic mass is 10.2. The minimum Gasteiger partial charge on any atom is -0.354 e. The first-order valence-corrected chi connectivity index (χ1v) is 8.84. The number of rotatable bonds is 7. The number of nitrogens with one attached hydrogen (secondary N) is 2. The van der Waals surface area contributed by atoms with Gasteiger partial charge in [0.05, 0.1) is 0 Å². The molecule has 5 nitrogen and oxygen atoms in total. The summed E-state index contributed by atoms with van der Waals surface area (Å²) in [7, 11) is 3.52. The molecule has 0 fully saturated rings. The van der Waals surface area contributed by atoms with Crippen LogP contribution in [0.3, 0.4) is 0 Å². The van der Waals surface area contributed by atoms with Crippen LogP contribution in [0.1, 0.15) is 18.9 Å². The lowest BCUT2D eigenvalue weighted by Crippen LogP contribution is -2.34. The number of likely N-dealkylation sites (N-methyl/N-ethyl adjacent to an activating group) is 2. The molecule has 0 aliphatic heterocycles. The minimum atomic E-state index is -0.375. The molecule has 0 aliphatic carbocycles. The van der Waals surface area contributed by atoms with Gasteiger partial charge in [0.15, 0.2) is 0 Å². The first-order chi connectivity index (χ1) is 11.7. The van der Waals surface area contributed by atoms with Gasteiger partial charge in [-0.2, -0.15) is 0 Å². The largest absolute Gasteiger partial charge is 0.354 e. The van der Waals surface area contributed by atoms with Crippen molar-refractivity contribution in [3.8, 4) is 0 Å². The van der Waals surface area contributed by atoms with Gasteiger partial charge in [-0.05, 0) is 43.3 Å². The molecule has 0 aromatic heterocycles. The molecule has 1 unspecified atom stereocenters. The Morgan fingerprint density at radius 3 is 2.36 bits per heavy atom. The van der Waals surface area contributed by atoms with Crippen molar-refractivity contribution in [2.75, 3.05) is 20.6 Å². The van der Waals surface area contributed by atoms with Crippen LogP contribution in [0.25, 0.3) is 0 Å². The van der Waals surface area contributed by atoms with E-state index in [1.165, 1.54) is 13.1 Å². The molecular formula is C17H25Cl3N4O. The van der Waals surface area contributed by atoms with E-state index < -0.39 is 0 Å². The summed E-state index contributed by atoms with van der Waals surface area (Å²) in [6.07, 6.45) is 3.15. The number of benzene rings is 1. The van der Waals surface area contributed by atoms with Crippen LogP contribution in [0.15, 0.2) is 29.3 Å². The number of amides is 1. The molecule has 0 saturated heterocycles. The van der Waals surface area contributed by atoms with E-state index in [0.29, 0.717) is 10.0 Å². The average molecular weight is 408 g/mol. The Labute approximate surface area is 164 Å². The first-order valence-electron chi connectivity index (χ1n) is 7.70. The Morgan fingerprint density at radius 2 is 1.92 bits per heavy atom. The molecule has 0 radical (unpaired) electrons. The molecule has 25 heavy (non-hydrogen) atoms. The van der Waals surface area contributed by atoms with Gasteiger partial charge in [-0.25, -0.2) is 0 Å². The van der Waals surface area contributed by atoms with Crippen molar-refractivity contribution >= 4 is 46.9 Å². The number of nitrogens with zero attached hydrogens (tertiary/aromatic N) is 1. The molecule has 0 saturated carbocycles. The maximum absolute atomic E-state index is 10.5. The summed E-state index contributed by atoms with van der Waals surface area (Å²) < 4.78 is 0. The van der Waals surface area contributed by atoms with Crippen molar-refractivity contribution in [1.29, 1.82) is 5.41 Å². The van der Waals surface area contributed by atoms with Crippen LogP contribution in [0, 0.1) is 5.41 Å². The zero-order valence-corrected chi connectivity index (χ0v) is 16.9.